The first kappa shape index (κ1) is 19.8. The Hall–Kier alpha value is -2.51. The van der Waals surface area contributed by atoms with E-state index in [-0.39, 0.29) is 12.1 Å². The standard InChI is InChI=1S/C18H28N4O4/c1-18(2,3)26-17(24)21-14-6-5-9-22(12-14)16(23)20-11-13-7-8-15(25-4)19-10-13/h7-8,10,14H,5-6,9,11-12H2,1-4H3,(H,20,23)(H,21,24). The van der Waals surface area contributed by atoms with Gasteiger partial charge in [-0.25, -0.2) is 14.6 Å². The summed E-state index contributed by atoms with van der Waals surface area (Å²) >= 11 is 0. The Morgan fingerprint density at radius 1 is 1.35 bits per heavy atom. The summed E-state index contributed by atoms with van der Waals surface area (Å²) in [4.78, 5) is 30.1. The number of nitrogens with one attached hydrogen (secondary N) is 2. The minimum absolute atomic E-state index is 0.105. The summed E-state index contributed by atoms with van der Waals surface area (Å²) in [5, 5.41) is 5.72. The van der Waals surface area contributed by atoms with Gasteiger partial charge >= 0.3 is 12.1 Å². The Bertz CT molecular complexity index is 613. The number of pyridine rings is 1. The van der Waals surface area contributed by atoms with E-state index in [1.165, 1.54) is 0 Å². The van der Waals surface area contributed by atoms with E-state index in [0.717, 1.165) is 18.4 Å². The van der Waals surface area contributed by atoms with Crippen molar-refractivity contribution >= 4 is 12.1 Å². The highest BCUT2D eigenvalue weighted by atomic mass is 16.6. The Labute approximate surface area is 154 Å². The van der Waals surface area contributed by atoms with Crippen molar-refractivity contribution in [1.29, 1.82) is 0 Å². The number of hydrogen-bond donors (Lipinski definition) is 2. The first-order valence-corrected chi connectivity index (χ1v) is 8.78. The Morgan fingerprint density at radius 3 is 2.73 bits per heavy atom. The quantitative estimate of drug-likeness (QED) is 0.855. The van der Waals surface area contributed by atoms with Gasteiger partial charge in [-0.2, -0.15) is 0 Å². The molecule has 8 heteroatoms. The predicted molar refractivity (Wildman–Crippen MR) is 97.0 cm³/mol. The number of aromatic nitrogens is 1. The highest BCUT2D eigenvalue weighted by molar-refractivity contribution is 5.74. The van der Waals surface area contributed by atoms with Crippen LogP contribution in [0.2, 0.25) is 0 Å². The van der Waals surface area contributed by atoms with Crippen LogP contribution in [0.3, 0.4) is 0 Å². The van der Waals surface area contributed by atoms with E-state index in [0.29, 0.717) is 25.5 Å². The monoisotopic (exact) mass is 364 g/mol. The van der Waals surface area contributed by atoms with Crippen LogP contribution in [0.1, 0.15) is 39.2 Å². The summed E-state index contributed by atoms with van der Waals surface area (Å²) in [6.07, 6.45) is 2.88. The number of urea groups is 1. The Balaban J connectivity index is 1.80. The van der Waals surface area contributed by atoms with Gasteiger partial charge in [0.05, 0.1) is 7.11 Å². The van der Waals surface area contributed by atoms with Crippen LogP contribution in [-0.4, -0.2) is 53.9 Å². The van der Waals surface area contributed by atoms with Crippen molar-refractivity contribution in [3.05, 3.63) is 23.9 Å². The van der Waals surface area contributed by atoms with Crippen LogP contribution in [0, 0.1) is 0 Å². The molecule has 2 heterocycles. The van der Waals surface area contributed by atoms with Crippen LogP contribution in [0.25, 0.3) is 0 Å². The molecule has 0 saturated carbocycles. The average molecular weight is 364 g/mol. The van der Waals surface area contributed by atoms with E-state index in [1.54, 1.807) is 24.3 Å². The number of carbonyl (C=O) groups excluding carboxylic acids is 2. The first-order chi connectivity index (χ1) is 12.3. The molecule has 1 unspecified atom stereocenters. The third-order valence-corrected chi connectivity index (χ3v) is 3.88. The molecule has 1 atom stereocenters. The van der Waals surface area contributed by atoms with Gasteiger partial charge in [0.25, 0.3) is 0 Å². The maximum absolute atomic E-state index is 12.4. The molecule has 1 aromatic heterocycles. The van der Waals surface area contributed by atoms with Gasteiger partial charge in [-0.1, -0.05) is 6.07 Å². The van der Waals surface area contributed by atoms with Crippen molar-refractivity contribution < 1.29 is 19.1 Å². The molecule has 1 aliphatic heterocycles. The summed E-state index contributed by atoms with van der Waals surface area (Å²) in [6.45, 7) is 6.98. The molecule has 0 aliphatic carbocycles. The van der Waals surface area contributed by atoms with Crippen LogP contribution < -0.4 is 15.4 Å². The average Bonchev–Trinajstić information content (AvgIpc) is 2.58. The minimum atomic E-state index is -0.539. The van der Waals surface area contributed by atoms with E-state index < -0.39 is 11.7 Å². The van der Waals surface area contributed by atoms with Crippen molar-refractivity contribution in [2.75, 3.05) is 20.2 Å². The van der Waals surface area contributed by atoms with Gasteiger partial charge < -0.3 is 25.0 Å². The van der Waals surface area contributed by atoms with Crippen LogP contribution in [-0.2, 0) is 11.3 Å². The normalized spacial score (nSPS) is 17.4. The van der Waals surface area contributed by atoms with E-state index >= 15 is 0 Å². The molecular formula is C18H28N4O4. The molecule has 1 fully saturated rings. The highest BCUT2D eigenvalue weighted by Crippen LogP contribution is 2.13. The highest BCUT2D eigenvalue weighted by Gasteiger charge is 2.26. The van der Waals surface area contributed by atoms with Crippen LogP contribution >= 0.6 is 0 Å². The van der Waals surface area contributed by atoms with Crippen LogP contribution in [0.4, 0.5) is 9.59 Å². The first-order valence-electron chi connectivity index (χ1n) is 8.78. The van der Waals surface area contributed by atoms with E-state index in [9.17, 15) is 9.59 Å². The number of carbonyl (C=O) groups is 2. The molecular weight excluding hydrogens is 336 g/mol. The zero-order valence-corrected chi connectivity index (χ0v) is 15.9. The second-order valence-corrected chi connectivity index (χ2v) is 7.30. The number of piperidine rings is 1. The number of ether oxygens (including phenoxy) is 2. The van der Waals surface area contributed by atoms with Crippen LogP contribution in [0.15, 0.2) is 18.3 Å². The lowest BCUT2D eigenvalue weighted by molar-refractivity contribution is 0.0479. The van der Waals surface area contributed by atoms with Crippen molar-refractivity contribution in [1.82, 2.24) is 20.5 Å². The number of amides is 3. The molecule has 1 aliphatic rings. The fourth-order valence-electron chi connectivity index (χ4n) is 2.68. The summed E-state index contributed by atoms with van der Waals surface area (Å²) in [5.74, 6) is 0.534. The van der Waals surface area contributed by atoms with Crippen molar-refractivity contribution in [3.8, 4) is 5.88 Å². The molecule has 0 aromatic carbocycles. The molecule has 0 radical (unpaired) electrons. The molecule has 144 valence electrons. The lowest BCUT2D eigenvalue weighted by atomic mass is 10.1. The Morgan fingerprint density at radius 2 is 2.12 bits per heavy atom. The Kier molecular flexibility index (Phi) is 6.65. The number of likely N-dealkylation sites (tertiary alicyclic amines) is 1. The zero-order valence-electron chi connectivity index (χ0n) is 15.9. The number of nitrogens with zero attached hydrogens (tertiary/aromatic N) is 2. The molecule has 2 rings (SSSR count). The van der Waals surface area contributed by atoms with Gasteiger partial charge in [-0.05, 0) is 39.2 Å². The fourth-order valence-corrected chi connectivity index (χ4v) is 2.68. The molecule has 1 saturated heterocycles. The number of hydrogen-bond acceptors (Lipinski definition) is 5. The van der Waals surface area contributed by atoms with Gasteiger partial charge in [0.15, 0.2) is 0 Å². The zero-order chi connectivity index (χ0) is 19.2. The van der Waals surface area contributed by atoms with E-state index in [4.69, 9.17) is 9.47 Å². The SMILES string of the molecule is COc1ccc(CNC(=O)N2CCCC(NC(=O)OC(C)(C)C)C2)cn1. The summed E-state index contributed by atoms with van der Waals surface area (Å²) in [5.41, 5.74) is 0.349. The third-order valence-electron chi connectivity index (χ3n) is 3.88. The number of rotatable bonds is 4. The van der Waals surface area contributed by atoms with Gasteiger partial charge in [-0.3, -0.25) is 0 Å². The molecule has 1 aromatic rings. The summed E-state index contributed by atoms with van der Waals surface area (Å²) in [6, 6.07) is 3.35. The van der Waals surface area contributed by atoms with Crippen molar-refractivity contribution in [2.24, 2.45) is 0 Å². The molecule has 2 N–H and O–H groups in total. The van der Waals surface area contributed by atoms with Gasteiger partial charge in [0.2, 0.25) is 5.88 Å². The predicted octanol–water partition coefficient (Wildman–Crippen LogP) is 2.29. The van der Waals surface area contributed by atoms with Crippen molar-refractivity contribution in [3.63, 3.8) is 0 Å². The van der Waals surface area contributed by atoms with Crippen molar-refractivity contribution in [2.45, 2.75) is 51.8 Å². The number of alkyl carbamates (subject to hydrolysis) is 1. The topological polar surface area (TPSA) is 92.8 Å². The second kappa shape index (κ2) is 8.73. The van der Waals surface area contributed by atoms with Gasteiger partial charge in [0, 0.05) is 37.9 Å². The third kappa shape index (κ3) is 6.42. The molecule has 0 spiro atoms. The van der Waals surface area contributed by atoms with Gasteiger partial charge in [0.1, 0.15) is 5.60 Å². The maximum atomic E-state index is 12.4. The smallest absolute Gasteiger partial charge is 0.407 e. The lowest BCUT2D eigenvalue weighted by Crippen LogP contribution is -2.52. The molecule has 3 amide bonds. The molecule has 8 nitrogen and oxygen atoms in total. The maximum Gasteiger partial charge on any atom is 0.407 e. The molecule has 26 heavy (non-hydrogen) atoms. The number of methoxy groups -OCH3 is 1. The van der Waals surface area contributed by atoms with Crippen LogP contribution in [0.5, 0.6) is 5.88 Å². The summed E-state index contributed by atoms with van der Waals surface area (Å²) < 4.78 is 10.3. The second-order valence-electron chi connectivity index (χ2n) is 7.30. The molecule has 0 bridgehead atoms. The largest absolute Gasteiger partial charge is 0.481 e. The van der Waals surface area contributed by atoms with E-state index in [2.05, 4.69) is 15.6 Å². The van der Waals surface area contributed by atoms with E-state index in [1.807, 2.05) is 26.8 Å². The summed E-state index contributed by atoms with van der Waals surface area (Å²) in [7, 11) is 1.56. The minimum Gasteiger partial charge on any atom is -0.481 e. The lowest BCUT2D eigenvalue weighted by Gasteiger charge is -2.33. The fraction of sp³-hybridized carbons (Fsp3) is 0.611. The van der Waals surface area contributed by atoms with Gasteiger partial charge in [-0.15, -0.1) is 0 Å².